The number of anilines is 1. The summed E-state index contributed by atoms with van der Waals surface area (Å²) in [7, 11) is 0. The minimum absolute atomic E-state index is 0.116. The largest absolute Gasteiger partial charge is 0.378 e. The molecule has 1 aromatic carbocycles. The molecule has 1 heterocycles. The minimum atomic E-state index is 0.116. The molecule has 1 aliphatic carbocycles. The Morgan fingerprint density at radius 1 is 1.35 bits per heavy atom. The predicted molar refractivity (Wildman–Crippen MR) is 83.1 cm³/mol. The number of nitrogens with two attached hydrogens (primary N) is 1. The van der Waals surface area contributed by atoms with Crippen molar-refractivity contribution in [3.63, 3.8) is 0 Å². The number of benzene rings is 1. The summed E-state index contributed by atoms with van der Waals surface area (Å²) >= 11 is 0. The Morgan fingerprint density at radius 2 is 2.10 bits per heavy atom. The van der Waals surface area contributed by atoms with Crippen molar-refractivity contribution in [1.82, 2.24) is 0 Å². The molecule has 1 fully saturated rings. The Labute approximate surface area is 122 Å². The molecule has 1 aliphatic heterocycles. The quantitative estimate of drug-likeness (QED) is 0.917. The third kappa shape index (κ3) is 2.23. The van der Waals surface area contributed by atoms with E-state index in [0.29, 0.717) is 12.0 Å². The lowest BCUT2D eigenvalue weighted by Crippen LogP contribution is -2.66. The van der Waals surface area contributed by atoms with Crippen molar-refractivity contribution in [2.45, 2.75) is 44.8 Å². The lowest BCUT2D eigenvalue weighted by Gasteiger charge is -2.56. The molecule has 110 valence electrons. The smallest absolute Gasteiger partial charge is 0.0620 e. The van der Waals surface area contributed by atoms with Crippen LogP contribution in [0.15, 0.2) is 24.3 Å². The minimum Gasteiger partial charge on any atom is -0.378 e. The summed E-state index contributed by atoms with van der Waals surface area (Å²) in [4.78, 5) is 2.58. The molecule has 1 aromatic rings. The first-order valence-corrected chi connectivity index (χ1v) is 7.86. The van der Waals surface area contributed by atoms with E-state index in [-0.39, 0.29) is 5.54 Å². The molecule has 1 saturated carbocycles. The molecule has 3 heteroatoms. The van der Waals surface area contributed by atoms with Gasteiger partial charge in [-0.2, -0.15) is 0 Å². The number of rotatable bonds is 4. The first-order valence-electron chi connectivity index (χ1n) is 7.86. The van der Waals surface area contributed by atoms with Crippen LogP contribution in [-0.4, -0.2) is 31.3 Å². The summed E-state index contributed by atoms with van der Waals surface area (Å²) in [5.74, 6) is 0.694. The molecule has 0 saturated heterocycles. The van der Waals surface area contributed by atoms with Crippen LogP contribution in [-0.2, 0) is 11.2 Å². The second-order valence-electron chi connectivity index (χ2n) is 6.46. The third-order valence-electron chi connectivity index (χ3n) is 4.92. The zero-order valence-corrected chi connectivity index (χ0v) is 12.6. The maximum Gasteiger partial charge on any atom is 0.0620 e. The van der Waals surface area contributed by atoms with E-state index in [0.717, 1.165) is 32.5 Å². The highest BCUT2D eigenvalue weighted by molar-refractivity contribution is 5.58. The second kappa shape index (κ2) is 5.38. The monoisotopic (exact) mass is 274 g/mol. The number of hydrogen-bond donors (Lipinski definition) is 1. The van der Waals surface area contributed by atoms with Gasteiger partial charge < -0.3 is 15.4 Å². The lowest BCUT2D eigenvalue weighted by atomic mass is 9.71. The maximum atomic E-state index is 6.16. The zero-order chi connectivity index (χ0) is 14.2. The van der Waals surface area contributed by atoms with Gasteiger partial charge in [0.25, 0.3) is 0 Å². The van der Waals surface area contributed by atoms with Crippen LogP contribution in [0.25, 0.3) is 0 Å². The summed E-state index contributed by atoms with van der Waals surface area (Å²) in [5.41, 5.74) is 9.14. The molecule has 0 radical (unpaired) electrons. The van der Waals surface area contributed by atoms with Gasteiger partial charge in [-0.05, 0) is 43.7 Å². The Hall–Kier alpha value is -1.06. The maximum absolute atomic E-state index is 6.16. The molecule has 3 nitrogen and oxygen atoms in total. The van der Waals surface area contributed by atoms with Crippen LogP contribution < -0.4 is 10.6 Å². The number of ether oxygens (including phenoxy) is 1. The van der Waals surface area contributed by atoms with Gasteiger partial charge in [0.2, 0.25) is 0 Å². The average Bonchev–Trinajstić information content (AvgIpc) is 2.41. The van der Waals surface area contributed by atoms with Crippen LogP contribution in [0, 0.1) is 5.92 Å². The van der Waals surface area contributed by atoms with Gasteiger partial charge in [0.1, 0.15) is 0 Å². The lowest BCUT2D eigenvalue weighted by molar-refractivity contribution is -0.0380. The molecule has 1 atom stereocenters. The first kappa shape index (κ1) is 13.9. The van der Waals surface area contributed by atoms with Crippen LogP contribution in [0.1, 0.15) is 32.3 Å². The van der Waals surface area contributed by atoms with Gasteiger partial charge in [-0.15, -0.1) is 0 Å². The standard InChI is InChI=1S/C17H26N2O/c1-3-20-15-9-17(10-15,12-18)19-11-13(2)8-14-6-4-5-7-16(14)19/h4-7,13,15H,3,8-12,18H2,1-2H3. The summed E-state index contributed by atoms with van der Waals surface area (Å²) in [6.45, 7) is 7.05. The highest BCUT2D eigenvalue weighted by Gasteiger charge is 2.49. The molecular weight excluding hydrogens is 248 g/mol. The molecule has 0 spiro atoms. The molecular formula is C17H26N2O. The molecule has 2 N–H and O–H groups in total. The molecule has 0 amide bonds. The average molecular weight is 274 g/mol. The van der Waals surface area contributed by atoms with E-state index < -0.39 is 0 Å². The molecule has 20 heavy (non-hydrogen) atoms. The highest BCUT2D eigenvalue weighted by Crippen LogP contribution is 2.44. The molecule has 2 aliphatic rings. The number of nitrogens with zero attached hydrogens (tertiary/aromatic N) is 1. The second-order valence-corrected chi connectivity index (χ2v) is 6.46. The van der Waals surface area contributed by atoms with Crippen molar-refractivity contribution in [2.24, 2.45) is 11.7 Å². The SMILES string of the molecule is CCOC1CC(CN)(N2CC(C)Cc3ccccc32)C1. The van der Waals surface area contributed by atoms with Crippen LogP contribution in [0.3, 0.4) is 0 Å². The van der Waals surface area contributed by atoms with E-state index in [2.05, 4.69) is 43.0 Å². The fourth-order valence-electron chi connectivity index (χ4n) is 3.88. The van der Waals surface area contributed by atoms with E-state index >= 15 is 0 Å². The molecule has 0 bridgehead atoms. The van der Waals surface area contributed by atoms with Crippen molar-refractivity contribution in [2.75, 3.05) is 24.6 Å². The summed E-state index contributed by atoms with van der Waals surface area (Å²) in [5, 5.41) is 0. The molecule has 3 rings (SSSR count). The highest BCUT2D eigenvalue weighted by atomic mass is 16.5. The normalized spacial score (nSPS) is 32.6. The van der Waals surface area contributed by atoms with E-state index in [4.69, 9.17) is 10.5 Å². The fraction of sp³-hybridized carbons (Fsp3) is 0.647. The van der Waals surface area contributed by atoms with Crippen molar-refractivity contribution in [3.05, 3.63) is 29.8 Å². The van der Waals surface area contributed by atoms with Crippen molar-refractivity contribution in [1.29, 1.82) is 0 Å². The Kier molecular flexibility index (Phi) is 3.74. The Morgan fingerprint density at radius 3 is 2.80 bits per heavy atom. The van der Waals surface area contributed by atoms with Crippen LogP contribution in [0.4, 0.5) is 5.69 Å². The third-order valence-corrected chi connectivity index (χ3v) is 4.92. The molecule has 1 unspecified atom stereocenters. The number of hydrogen-bond acceptors (Lipinski definition) is 3. The molecule has 0 aromatic heterocycles. The van der Waals surface area contributed by atoms with E-state index in [9.17, 15) is 0 Å². The number of fused-ring (bicyclic) bond motifs is 1. The van der Waals surface area contributed by atoms with Crippen molar-refractivity contribution in [3.8, 4) is 0 Å². The van der Waals surface area contributed by atoms with Gasteiger partial charge in [-0.3, -0.25) is 0 Å². The van der Waals surface area contributed by atoms with Crippen molar-refractivity contribution < 1.29 is 4.74 Å². The van der Waals surface area contributed by atoms with Crippen molar-refractivity contribution >= 4 is 5.69 Å². The summed E-state index contributed by atoms with van der Waals surface area (Å²) in [6, 6.07) is 8.81. The summed E-state index contributed by atoms with van der Waals surface area (Å²) in [6.07, 6.45) is 3.71. The van der Waals surface area contributed by atoms with E-state index in [1.54, 1.807) is 0 Å². The van der Waals surface area contributed by atoms with Crippen LogP contribution in [0.5, 0.6) is 0 Å². The van der Waals surface area contributed by atoms with Gasteiger partial charge in [-0.25, -0.2) is 0 Å². The van der Waals surface area contributed by atoms with Gasteiger partial charge in [0, 0.05) is 25.4 Å². The summed E-state index contributed by atoms with van der Waals surface area (Å²) < 4.78 is 5.76. The van der Waals surface area contributed by atoms with Gasteiger partial charge >= 0.3 is 0 Å². The van der Waals surface area contributed by atoms with Gasteiger partial charge in [-0.1, -0.05) is 25.1 Å². The van der Waals surface area contributed by atoms with E-state index in [1.807, 2.05) is 0 Å². The zero-order valence-electron chi connectivity index (χ0n) is 12.6. The van der Waals surface area contributed by atoms with Gasteiger partial charge in [0.05, 0.1) is 11.6 Å². The Balaban J connectivity index is 1.86. The number of para-hydroxylation sites is 1. The van der Waals surface area contributed by atoms with Crippen LogP contribution >= 0.6 is 0 Å². The van der Waals surface area contributed by atoms with E-state index in [1.165, 1.54) is 17.7 Å². The predicted octanol–water partition coefficient (Wildman–Crippen LogP) is 2.58. The van der Waals surface area contributed by atoms with Gasteiger partial charge in [0.15, 0.2) is 0 Å². The fourth-order valence-corrected chi connectivity index (χ4v) is 3.88. The first-order chi connectivity index (χ1) is 9.68. The Bertz CT molecular complexity index is 468. The van der Waals surface area contributed by atoms with Crippen LogP contribution in [0.2, 0.25) is 0 Å². The topological polar surface area (TPSA) is 38.5 Å².